The Morgan fingerprint density at radius 2 is 2.00 bits per heavy atom. The van der Waals surface area contributed by atoms with Gasteiger partial charge in [0.25, 0.3) is 0 Å². The summed E-state index contributed by atoms with van der Waals surface area (Å²) in [6.07, 6.45) is 0.577. The summed E-state index contributed by atoms with van der Waals surface area (Å²) in [5, 5.41) is 0. The number of carbonyl (C=O) groups excluding carboxylic acids is 1. The van der Waals surface area contributed by atoms with Gasteiger partial charge in [0.1, 0.15) is 5.76 Å². The van der Waals surface area contributed by atoms with Crippen molar-refractivity contribution in [2.75, 3.05) is 14.2 Å². The zero-order valence-electron chi connectivity index (χ0n) is 11.9. The van der Waals surface area contributed by atoms with Crippen LogP contribution in [0.4, 0.5) is 0 Å². The van der Waals surface area contributed by atoms with Gasteiger partial charge in [0.15, 0.2) is 10.4 Å². The smallest absolute Gasteiger partial charge is 0.328 e. The molecule has 1 aliphatic heterocycles. The Labute approximate surface area is 130 Å². The molecule has 0 spiro atoms. The first-order valence-corrected chi connectivity index (χ1v) is 6.98. The second-order valence-corrected chi connectivity index (χ2v) is 5.64. The first-order chi connectivity index (χ1) is 9.93. The monoisotopic (exact) mass is 358 g/mol. The molecule has 2 atom stereocenters. The first kappa shape index (κ1) is 15.6. The zero-order chi connectivity index (χ0) is 15.6. The van der Waals surface area contributed by atoms with Crippen LogP contribution in [0, 0.1) is 5.92 Å². The van der Waals surface area contributed by atoms with E-state index < -0.39 is 16.4 Å². The molecule has 114 valence electrons. The zero-order valence-corrected chi connectivity index (χ0v) is 13.5. The van der Waals surface area contributed by atoms with Crippen molar-refractivity contribution in [1.29, 1.82) is 0 Å². The van der Waals surface area contributed by atoms with E-state index in [9.17, 15) is 4.79 Å². The van der Waals surface area contributed by atoms with Gasteiger partial charge in [-0.15, -0.1) is 0 Å². The molecule has 0 bridgehead atoms. The van der Waals surface area contributed by atoms with Gasteiger partial charge < -0.3 is 18.9 Å². The van der Waals surface area contributed by atoms with Crippen LogP contribution in [-0.4, -0.2) is 34.7 Å². The number of hydrogen-bond acceptors (Lipinski definition) is 7. The molecule has 1 aromatic heterocycles. The Bertz CT molecular complexity index is 557. The fourth-order valence-electron chi connectivity index (χ4n) is 1.87. The first-order valence-electron chi connectivity index (χ1n) is 6.19. The Balaban J connectivity index is 2.18. The highest BCUT2D eigenvalue weighted by molar-refractivity contribution is 9.10. The van der Waals surface area contributed by atoms with E-state index >= 15 is 0 Å². The molecule has 8 heteroatoms. The molecule has 2 unspecified atom stereocenters. The van der Waals surface area contributed by atoms with Crippen LogP contribution in [0.15, 0.2) is 18.4 Å². The molecule has 0 N–H and O–H groups in total. The highest BCUT2D eigenvalue weighted by atomic mass is 79.9. The van der Waals surface area contributed by atoms with E-state index in [1.54, 1.807) is 0 Å². The van der Waals surface area contributed by atoms with Crippen molar-refractivity contribution in [2.45, 2.75) is 17.9 Å². The molecule has 2 rings (SSSR count). The van der Waals surface area contributed by atoms with Gasteiger partial charge in [-0.1, -0.05) is 13.5 Å². The van der Waals surface area contributed by atoms with Crippen molar-refractivity contribution >= 4 is 21.9 Å². The van der Waals surface area contributed by atoms with Gasteiger partial charge in [0.2, 0.25) is 11.8 Å². The third kappa shape index (κ3) is 2.94. The summed E-state index contributed by atoms with van der Waals surface area (Å²) in [4.78, 5) is 19.6. The highest BCUT2D eigenvalue weighted by Crippen LogP contribution is 2.46. The summed E-state index contributed by atoms with van der Waals surface area (Å²) in [5.41, 5.74) is 0. The predicted molar refractivity (Wildman–Crippen MR) is 76.4 cm³/mol. The van der Waals surface area contributed by atoms with Crippen molar-refractivity contribution in [3.05, 3.63) is 18.4 Å². The SMILES string of the molecule is C=C(Oc1nc(OC)cc(OC)n1)C1C(=O)OC1(Br)CC. The van der Waals surface area contributed by atoms with Crippen molar-refractivity contribution < 1.29 is 23.7 Å². The fourth-order valence-corrected chi connectivity index (χ4v) is 2.47. The molecule has 0 aromatic carbocycles. The topological polar surface area (TPSA) is 79.8 Å². The van der Waals surface area contributed by atoms with E-state index in [2.05, 4.69) is 32.5 Å². The molecular formula is C13H15BrN2O5. The number of methoxy groups -OCH3 is 2. The maximum absolute atomic E-state index is 11.6. The van der Waals surface area contributed by atoms with Crippen molar-refractivity contribution in [3.63, 3.8) is 0 Å². The van der Waals surface area contributed by atoms with Gasteiger partial charge in [-0.05, 0) is 22.4 Å². The molecule has 1 aromatic rings. The molecule has 7 nitrogen and oxygen atoms in total. The second kappa shape index (κ2) is 5.88. The van der Waals surface area contributed by atoms with Gasteiger partial charge in [-0.25, -0.2) is 0 Å². The molecule has 1 aliphatic rings. The number of ether oxygens (including phenoxy) is 4. The molecule has 0 radical (unpaired) electrons. The molecular weight excluding hydrogens is 344 g/mol. The normalized spacial score (nSPS) is 23.8. The quantitative estimate of drug-likeness (QED) is 0.437. The number of rotatable bonds is 6. The summed E-state index contributed by atoms with van der Waals surface area (Å²) < 4.78 is 19.8. The molecule has 1 fully saturated rings. The van der Waals surface area contributed by atoms with Crippen LogP contribution in [0.5, 0.6) is 17.8 Å². The Morgan fingerprint density at radius 1 is 1.43 bits per heavy atom. The summed E-state index contributed by atoms with van der Waals surface area (Å²) in [6.45, 7) is 5.64. The van der Waals surface area contributed by atoms with Crippen LogP contribution in [0.2, 0.25) is 0 Å². The van der Waals surface area contributed by atoms with Crippen LogP contribution in [0.3, 0.4) is 0 Å². The number of hydrogen-bond donors (Lipinski definition) is 0. The Morgan fingerprint density at radius 3 is 2.43 bits per heavy atom. The average molecular weight is 359 g/mol. The number of aromatic nitrogens is 2. The van der Waals surface area contributed by atoms with Crippen LogP contribution < -0.4 is 14.2 Å². The van der Waals surface area contributed by atoms with Gasteiger partial charge in [-0.2, -0.15) is 9.97 Å². The lowest BCUT2D eigenvalue weighted by Gasteiger charge is -2.42. The number of nitrogens with zero attached hydrogens (tertiary/aromatic N) is 2. The summed E-state index contributed by atoms with van der Waals surface area (Å²) in [5.74, 6) is -0.278. The lowest BCUT2D eigenvalue weighted by Crippen LogP contribution is -2.54. The average Bonchev–Trinajstić information content (AvgIpc) is 2.45. The van der Waals surface area contributed by atoms with Crippen molar-refractivity contribution in [2.24, 2.45) is 5.92 Å². The van der Waals surface area contributed by atoms with Crippen LogP contribution in [-0.2, 0) is 9.53 Å². The highest BCUT2D eigenvalue weighted by Gasteiger charge is 2.56. The van der Waals surface area contributed by atoms with E-state index in [-0.39, 0.29) is 23.5 Å². The number of esters is 1. The van der Waals surface area contributed by atoms with Crippen LogP contribution >= 0.6 is 15.9 Å². The van der Waals surface area contributed by atoms with E-state index in [4.69, 9.17) is 18.9 Å². The minimum atomic E-state index is -0.788. The second-order valence-electron chi connectivity index (χ2n) is 4.30. The molecule has 2 heterocycles. The van der Waals surface area contributed by atoms with E-state index in [0.717, 1.165) is 0 Å². The summed E-state index contributed by atoms with van der Waals surface area (Å²) in [6, 6.07) is 1.50. The summed E-state index contributed by atoms with van der Waals surface area (Å²) >= 11 is 3.37. The molecule has 0 aliphatic carbocycles. The Kier molecular flexibility index (Phi) is 4.36. The Hall–Kier alpha value is -1.83. The summed E-state index contributed by atoms with van der Waals surface area (Å²) in [7, 11) is 2.93. The fraction of sp³-hybridized carbons (Fsp3) is 0.462. The standard InChI is InChI=1S/C13H15BrN2O5/c1-5-13(14)10(11(17)21-13)7(2)20-12-15-8(18-3)6-9(16-12)19-4/h6,10H,2,5H2,1,3-4H3. The maximum Gasteiger partial charge on any atom is 0.328 e. The number of carbonyl (C=O) groups is 1. The molecule has 0 saturated carbocycles. The molecule has 21 heavy (non-hydrogen) atoms. The number of alkyl halides is 1. The van der Waals surface area contributed by atoms with Crippen molar-refractivity contribution in [1.82, 2.24) is 9.97 Å². The predicted octanol–water partition coefficient (Wildman–Crippen LogP) is 2.06. The third-order valence-corrected chi connectivity index (χ3v) is 4.22. The van der Waals surface area contributed by atoms with Gasteiger partial charge in [0.05, 0.1) is 20.3 Å². The largest absolute Gasteiger partial charge is 0.481 e. The molecule has 0 amide bonds. The van der Waals surface area contributed by atoms with E-state index in [1.165, 1.54) is 20.3 Å². The maximum atomic E-state index is 11.6. The van der Waals surface area contributed by atoms with Gasteiger partial charge in [0, 0.05) is 0 Å². The lowest BCUT2D eigenvalue weighted by molar-refractivity contribution is -0.188. The van der Waals surface area contributed by atoms with Gasteiger partial charge >= 0.3 is 12.0 Å². The van der Waals surface area contributed by atoms with Gasteiger partial charge in [-0.3, -0.25) is 4.79 Å². The van der Waals surface area contributed by atoms with E-state index in [0.29, 0.717) is 6.42 Å². The third-order valence-electron chi connectivity index (χ3n) is 3.04. The van der Waals surface area contributed by atoms with Crippen LogP contribution in [0.1, 0.15) is 13.3 Å². The minimum Gasteiger partial charge on any atom is -0.481 e. The number of halogens is 1. The number of cyclic esters (lactones) is 1. The van der Waals surface area contributed by atoms with Crippen LogP contribution in [0.25, 0.3) is 0 Å². The lowest BCUT2D eigenvalue weighted by atomic mass is 9.93. The van der Waals surface area contributed by atoms with E-state index in [1.807, 2.05) is 6.92 Å². The minimum absolute atomic E-state index is 0.0122. The molecule has 1 saturated heterocycles. The van der Waals surface area contributed by atoms with Crippen molar-refractivity contribution in [3.8, 4) is 17.8 Å².